The van der Waals surface area contributed by atoms with Gasteiger partial charge in [-0.2, -0.15) is 0 Å². The number of nitrogens with two attached hydrogens (primary N) is 1. The first kappa shape index (κ1) is 13.9. The molecular weight excluding hydrogens is 263 g/mol. The van der Waals surface area contributed by atoms with Crippen LogP contribution in [0.2, 0.25) is 5.02 Å². The SMILES string of the molecule is CC(CNC(=O)c1ccc(F)cc1Cl)C(N)=S. The van der Waals surface area contributed by atoms with Crippen LogP contribution >= 0.6 is 23.8 Å². The van der Waals surface area contributed by atoms with E-state index in [-0.39, 0.29) is 22.4 Å². The van der Waals surface area contributed by atoms with Crippen LogP contribution in [-0.2, 0) is 0 Å². The molecule has 1 unspecified atom stereocenters. The molecule has 3 N–H and O–H groups in total. The predicted octanol–water partition coefficient (Wildman–Crippen LogP) is 2.13. The van der Waals surface area contributed by atoms with Gasteiger partial charge in [0, 0.05) is 12.5 Å². The molecule has 0 aliphatic carbocycles. The maximum Gasteiger partial charge on any atom is 0.252 e. The minimum atomic E-state index is -0.483. The van der Waals surface area contributed by atoms with E-state index in [1.54, 1.807) is 6.92 Å². The quantitative estimate of drug-likeness (QED) is 0.827. The number of amides is 1. The van der Waals surface area contributed by atoms with Gasteiger partial charge in [0.25, 0.3) is 5.91 Å². The Morgan fingerprint density at radius 2 is 2.29 bits per heavy atom. The zero-order valence-corrected chi connectivity index (χ0v) is 10.7. The molecule has 6 heteroatoms. The van der Waals surface area contributed by atoms with Crippen molar-refractivity contribution >= 4 is 34.7 Å². The van der Waals surface area contributed by atoms with Crippen molar-refractivity contribution in [2.24, 2.45) is 11.7 Å². The summed E-state index contributed by atoms with van der Waals surface area (Å²) in [6.45, 7) is 2.12. The van der Waals surface area contributed by atoms with Gasteiger partial charge in [-0.25, -0.2) is 4.39 Å². The van der Waals surface area contributed by atoms with Crippen LogP contribution in [0.25, 0.3) is 0 Å². The average molecular weight is 275 g/mol. The molecule has 1 aromatic carbocycles. The number of nitrogens with one attached hydrogen (secondary N) is 1. The highest BCUT2D eigenvalue weighted by Crippen LogP contribution is 2.16. The molecule has 1 aromatic rings. The highest BCUT2D eigenvalue weighted by Gasteiger charge is 2.12. The molecule has 0 radical (unpaired) electrons. The summed E-state index contributed by atoms with van der Waals surface area (Å²) in [6, 6.07) is 3.60. The predicted molar refractivity (Wildman–Crippen MR) is 69.7 cm³/mol. The van der Waals surface area contributed by atoms with Gasteiger partial charge in [-0.3, -0.25) is 4.79 Å². The largest absolute Gasteiger partial charge is 0.393 e. The van der Waals surface area contributed by atoms with E-state index in [1.165, 1.54) is 12.1 Å². The highest BCUT2D eigenvalue weighted by atomic mass is 35.5. The summed E-state index contributed by atoms with van der Waals surface area (Å²) in [7, 11) is 0. The minimum Gasteiger partial charge on any atom is -0.393 e. The van der Waals surface area contributed by atoms with Crippen LogP contribution in [0.3, 0.4) is 0 Å². The van der Waals surface area contributed by atoms with Gasteiger partial charge in [0.05, 0.1) is 15.6 Å². The molecule has 1 rings (SSSR count). The van der Waals surface area contributed by atoms with E-state index in [0.29, 0.717) is 11.5 Å². The summed E-state index contributed by atoms with van der Waals surface area (Å²) in [4.78, 5) is 12.0. The first-order valence-electron chi connectivity index (χ1n) is 4.94. The molecule has 0 saturated carbocycles. The molecule has 0 saturated heterocycles. The summed E-state index contributed by atoms with van der Waals surface area (Å²) in [5.74, 6) is -0.964. The van der Waals surface area contributed by atoms with Crippen molar-refractivity contribution in [3.63, 3.8) is 0 Å². The number of carbonyl (C=O) groups excluding carboxylic acids is 1. The zero-order valence-electron chi connectivity index (χ0n) is 9.17. The van der Waals surface area contributed by atoms with Crippen molar-refractivity contribution < 1.29 is 9.18 Å². The third-order valence-electron chi connectivity index (χ3n) is 2.23. The highest BCUT2D eigenvalue weighted by molar-refractivity contribution is 7.80. The van der Waals surface area contributed by atoms with E-state index in [0.717, 1.165) is 6.07 Å². The average Bonchev–Trinajstić information content (AvgIpc) is 2.25. The van der Waals surface area contributed by atoms with Crippen LogP contribution < -0.4 is 11.1 Å². The molecule has 1 atom stereocenters. The van der Waals surface area contributed by atoms with E-state index < -0.39 is 5.82 Å². The molecule has 0 spiro atoms. The van der Waals surface area contributed by atoms with Gasteiger partial charge >= 0.3 is 0 Å². The number of rotatable bonds is 4. The number of benzene rings is 1. The Morgan fingerprint density at radius 1 is 1.65 bits per heavy atom. The van der Waals surface area contributed by atoms with Crippen LogP contribution in [0.15, 0.2) is 18.2 Å². The summed E-state index contributed by atoms with van der Waals surface area (Å²) in [5.41, 5.74) is 5.64. The second-order valence-electron chi connectivity index (χ2n) is 3.64. The number of hydrogen-bond acceptors (Lipinski definition) is 2. The lowest BCUT2D eigenvalue weighted by atomic mass is 10.1. The van der Waals surface area contributed by atoms with E-state index in [1.807, 2.05) is 0 Å². The number of halogens is 2. The molecule has 0 aromatic heterocycles. The van der Waals surface area contributed by atoms with Gasteiger partial charge in [0.2, 0.25) is 0 Å². The van der Waals surface area contributed by atoms with Gasteiger partial charge in [0.1, 0.15) is 5.82 Å². The van der Waals surface area contributed by atoms with Gasteiger partial charge in [0.15, 0.2) is 0 Å². The second-order valence-corrected chi connectivity index (χ2v) is 4.52. The summed E-state index contributed by atoms with van der Waals surface area (Å²) >= 11 is 10.5. The molecular formula is C11H12ClFN2OS. The summed E-state index contributed by atoms with van der Waals surface area (Å²) < 4.78 is 12.8. The lowest BCUT2D eigenvalue weighted by Crippen LogP contribution is -2.33. The van der Waals surface area contributed by atoms with Crippen molar-refractivity contribution in [3.8, 4) is 0 Å². The van der Waals surface area contributed by atoms with Crippen molar-refractivity contribution in [2.75, 3.05) is 6.54 Å². The third-order valence-corrected chi connectivity index (χ3v) is 2.95. The van der Waals surface area contributed by atoms with E-state index in [9.17, 15) is 9.18 Å². The summed E-state index contributed by atoms with van der Waals surface area (Å²) in [5, 5.41) is 2.70. The molecule has 3 nitrogen and oxygen atoms in total. The Morgan fingerprint density at radius 3 is 2.82 bits per heavy atom. The topological polar surface area (TPSA) is 55.1 Å². The molecule has 0 aliphatic rings. The number of carbonyl (C=O) groups is 1. The van der Waals surface area contributed by atoms with Crippen molar-refractivity contribution in [1.29, 1.82) is 0 Å². The van der Waals surface area contributed by atoms with E-state index in [4.69, 9.17) is 29.6 Å². The van der Waals surface area contributed by atoms with Crippen LogP contribution in [0.1, 0.15) is 17.3 Å². The van der Waals surface area contributed by atoms with Crippen LogP contribution in [0.5, 0.6) is 0 Å². The third kappa shape index (κ3) is 3.94. The summed E-state index contributed by atoms with van der Waals surface area (Å²) in [6.07, 6.45) is 0. The maximum atomic E-state index is 12.8. The molecule has 0 aliphatic heterocycles. The fourth-order valence-corrected chi connectivity index (χ4v) is 1.45. The Bertz CT molecular complexity index is 453. The Balaban J connectivity index is 2.67. The molecule has 1 amide bonds. The fraction of sp³-hybridized carbons (Fsp3) is 0.273. The van der Waals surface area contributed by atoms with Gasteiger partial charge < -0.3 is 11.1 Å². The Kier molecular flexibility index (Phi) is 4.84. The van der Waals surface area contributed by atoms with Gasteiger partial charge in [-0.15, -0.1) is 0 Å². The lowest BCUT2D eigenvalue weighted by Gasteiger charge is -2.11. The van der Waals surface area contributed by atoms with Crippen LogP contribution in [0, 0.1) is 11.7 Å². The number of hydrogen-bond donors (Lipinski definition) is 2. The Hall–Kier alpha value is -1.20. The van der Waals surface area contributed by atoms with Crippen LogP contribution in [0.4, 0.5) is 4.39 Å². The monoisotopic (exact) mass is 274 g/mol. The standard InChI is InChI=1S/C11H12ClFN2OS/c1-6(10(14)17)5-15-11(16)8-3-2-7(13)4-9(8)12/h2-4,6H,5H2,1H3,(H2,14,17)(H,15,16). The van der Waals surface area contributed by atoms with E-state index in [2.05, 4.69) is 5.32 Å². The number of thiocarbonyl (C=S) groups is 1. The zero-order chi connectivity index (χ0) is 13.0. The molecule has 17 heavy (non-hydrogen) atoms. The maximum absolute atomic E-state index is 12.8. The fourth-order valence-electron chi connectivity index (χ4n) is 1.12. The van der Waals surface area contributed by atoms with Gasteiger partial charge in [-0.1, -0.05) is 30.7 Å². The first-order chi connectivity index (χ1) is 7.91. The van der Waals surface area contributed by atoms with Crippen molar-refractivity contribution in [1.82, 2.24) is 5.32 Å². The van der Waals surface area contributed by atoms with Crippen molar-refractivity contribution in [2.45, 2.75) is 6.92 Å². The second kappa shape index (κ2) is 5.93. The molecule has 0 heterocycles. The molecule has 0 bridgehead atoms. The smallest absolute Gasteiger partial charge is 0.252 e. The normalized spacial score (nSPS) is 11.9. The van der Waals surface area contributed by atoms with Crippen LogP contribution in [-0.4, -0.2) is 17.4 Å². The van der Waals surface area contributed by atoms with Crippen molar-refractivity contribution in [3.05, 3.63) is 34.6 Å². The Labute approximate surface area is 109 Å². The minimum absolute atomic E-state index is 0.0745. The molecule has 0 fully saturated rings. The first-order valence-corrected chi connectivity index (χ1v) is 5.73. The van der Waals surface area contributed by atoms with E-state index >= 15 is 0 Å². The van der Waals surface area contributed by atoms with Gasteiger partial charge in [-0.05, 0) is 18.2 Å². The molecule has 92 valence electrons. The lowest BCUT2D eigenvalue weighted by molar-refractivity contribution is 0.0951.